The van der Waals surface area contributed by atoms with Gasteiger partial charge in [-0.05, 0) is 60.1 Å². The molecule has 3 atom stereocenters. The fraction of sp³-hybridized carbons (Fsp3) is 0.536. The molecule has 0 aromatic heterocycles. The zero-order valence-corrected chi connectivity index (χ0v) is 22.8. The van der Waals surface area contributed by atoms with Crippen molar-refractivity contribution in [2.45, 2.75) is 51.2 Å². The lowest BCUT2D eigenvalue weighted by Crippen LogP contribution is -2.45. The monoisotopic (exact) mass is 542 g/mol. The molecule has 206 valence electrons. The van der Waals surface area contributed by atoms with Gasteiger partial charge in [0.15, 0.2) is 11.2 Å². The number of anilines is 2. The van der Waals surface area contributed by atoms with Crippen LogP contribution in [-0.4, -0.2) is 76.0 Å². The number of hydrogen-bond donors (Lipinski definition) is 3. The van der Waals surface area contributed by atoms with Crippen LogP contribution in [0.15, 0.2) is 30.3 Å². The molecule has 0 spiro atoms. The Morgan fingerprint density at radius 1 is 1.11 bits per heavy atom. The molecule has 0 saturated carbocycles. The van der Waals surface area contributed by atoms with Crippen molar-refractivity contribution in [1.82, 2.24) is 8.61 Å². The van der Waals surface area contributed by atoms with Gasteiger partial charge in [-0.1, -0.05) is 24.3 Å². The predicted octanol–water partition coefficient (Wildman–Crippen LogP) is 3.04. The fourth-order valence-corrected chi connectivity index (χ4v) is 7.06. The molecule has 1 fully saturated rings. The van der Waals surface area contributed by atoms with Gasteiger partial charge >= 0.3 is 5.97 Å². The average Bonchev–Trinajstić information content (AvgIpc) is 2.92. The van der Waals surface area contributed by atoms with E-state index in [1.807, 2.05) is 33.7 Å². The largest absolute Gasteiger partial charge is 0.481 e. The molecule has 0 aliphatic carbocycles. The molecule has 4 N–H and O–H groups in total. The van der Waals surface area contributed by atoms with Crippen LogP contribution in [-0.2, 0) is 38.4 Å². The quantitative estimate of drug-likeness (QED) is 0.500. The molecule has 7 bridgehead atoms. The standard InChI is InChI=1S/C28H38N4O5S/c1-19-24-4-5-26(28(19)29)30-9-13-36-14-15-37-23-7-11-31(12-8-23)38(35)32-10-6-20-2-3-21(16-22(20)18-32)25(24)17-27(33)34/h2-5,16,23,25,30H,6-15,17-18,29H2,1H3,(H,33,34). The van der Waals surface area contributed by atoms with E-state index in [1.54, 1.807) is 0 Å². The first kappa shape index (κ1) is 27.1. The zero-order chi connectivity index (χ0) is 26.6. The summed E-state index contributed by atoms with van der Waals surface area (Å²) in [5.41, 5.74) is 13.0. The molecule has 6 aliphatic heterocycles. The maximum atomic E-state index is 13.5. The number of nitrogens with one attached hydrogen (secondary N) is 1. The Morgan fingerprint density at radius 2 is 1.92 bits per heavy atom. The zero-order valence-electron chi connectivity index (χ0n) is 22.0. The number of carboxylic acid groups (broad SMARTS) is 1. The van der Waals surface area contributed by atoms with Gasteiger partial charge in [0.25, 0.3) is 0 Å². The predicted molar refractivity (Wildman–Crippen MR) is 148 cm³/mol. The number of piperidine rings is 1. The second-order valence-electron chi connectivity index (χ2n) is 10.3. The first-order valence-electron chi connectivity index (χ1n) is 13.5. The minimum Gasteiger partial charge on any atom is -0.481 e. The number of ether oxygens (including phenoxy) is 2. The van der Waals surface area contributed by atoms with Crippen LogP contribution >= 0.6 is 0 Å². The first-order valence-corrected chi connectivity index (χ1v) is 14.5. The lowest BCUT2D eigenvalue weighted by atomic mass is 9.83. The van der Waals surface area contributed by atoms with E-state index in [-0.39, 0.29) is 18.4 Å². The number of aliphatic carboxylic acids is 1. The number of carbonyl (C=O) groups is 1. The maximum absolute atomic E-state index is 13.5. The van der Waals surface area contributed by atoms with Crippen molar-refractivity contribution in [3.8, 4) is 0 Å². The number of carboxylic acids is 1. The van der Waals surface area contributed by atoms with Crippen molar-refractivity contribution in [3.05, 3.63) is 58.1 Å². The Kier molecular flexibility index (Phi) is 8.64. The summed E-state index contributed by atoms with van der Waals surface area (Å²) in [6, 6.07) is 10.2. The third kappa shape index (κ3) is 6.05. The van der Waals surface area contributed by atoms with Crippen LogP contribution < -0.4 is 11.1 Å². The van der Waals surface area contributed by atoms with Gasteiger partial charge in [-0.15, -0.1) is 0 Å². The third-order valence-electron chi connectivity index (χ3n) is 7.91. The highest BCUT2D eigenvalue weighted by atomic mass is 32.2. The average molecular weight is 543 g/mol. The van der Waals surface area contributed by atoms with Crippen LogP contribution in [0.3, 0.4) is 0 Å². The van der Waals surface area contributed by atoms with E-state index < -0.39 is 17.1 Å². The minimum absolute atomic E-state index is 0.0354. The van der Waals surface area contributed by atoms with E-state index in [0.29, 0.717) is 38.6 Å². The maximum Gasteiger partial charge on any atom is 0.304 e. The van der Waals surface area contributed by atoms with Crippen molar-refractivity contribution >= 4 is 28.5 Å². The Hall–Kier alpha value is -2.50. The van der Waals surface area contributed by atoms with Crippen molar-refractivity contribution in [3.63, 3.8) is 0 Å². The van der Waals surface area contributed by atoms with E-state index in [0.717, 1.165) is 66.8 Å². The number of nitrogen functional groups attached to an aromatic ring is 1. The highest BCUT2D eigenvalue weighted by Gasteiger charge is 2.30. The Morgan fingerprint density at radius 3 is 2.71 bits per heavy atom. The molecule has 10 heteroatoms. The fourth-order valence-electron chi connectivity index (χ4n) is 5.71. The van der Waals surface area contributed by atoms with Crippen molar-refractivity contribution < 1.29 is 23.6 Å². The smallest absolute Gasteiger partial charge is 0.304 e. The normalized spacial score (nSPS) is 28.3. The number of nitrogens with two attached hydrogens (primary N) is 1. The second-order valence-corrected chi connectivity index (χ2v) is 11.8. The minimum atomic E-state index is -1.22. The van der Waals surface area contributed by atoms with Crippen molar-refractivity contribution in [2.24, 2.45) is 0 Å². The topological polar surface area (TPSA) is 117 Å². The summed E-state index contributed by atoms with van der Waals surface area (Å²) in [7, 11) is 0. The first-order chi connectivity index (χ1) is 18.4. The van der Waals surface area contributed by atoms with Crippen LogP contribution in [0.1, 0.15) is 53.0 Å². The van der Waals surface area contributed by atoms with Gasteiger partial charge in [-0.2, -0.15) is 0 Å². The van der Waals surface area contributed by atoms with Gasteiger partial charge in [0.2, 0.25) is 0 Å². The molecule has 1 saturated heterocycles. The lowest BCUT2D eigenvalue weighted by molar-refractivity contribution is -0.137. The van der Waals surface area contributed by atoms with Crippen LogP contribution in [0.5, 0.6) is 0 Å². The Bertz CT molecular complexity index is 1180. The van der Waals surface area contributed by atoms with Crippen LogP contribution in [0, 0.1) is 6.92 Å². The molecule has 6 heterocycles. The molecule has 0 amide bonds. The van der Waals surface area contributed by atoms with E-state index in [9.17, 15) is 14.1 Å². The van der Waals surface area contributed by atoms with E-state index in [1.165, 1.54) is 5.56 Å². The molecule has 6 aliphatic rings. The number of benzene rings is 2. The molecular formula is C28H38N4O5S. The van der Waals surface area contributed by atoms with Crippen LogP contribution in [0.2, 0.25) is 0 Å². The SMILES string of the molecule is Cc1c2ccc(c1N)NCCOCCOC1CCN(CC1)S(=O)N1CCc3ccc(cc3C1)C2CC(=O)O. The number of nitrogens with zero attached hydrogens (tertiary/aromatic N) is 2. The van der Waals surface area contributed by atoms with Gasteiger partial charge in [-0.25, -0.2) is 12.8 Å². The molecule has 2 aromatic carbocycles. The van der Waals surface area contributed by atoms with E-state index in [2.05, 4.69) is 17.4 Å². The van der Waals surface area contributed by atoms with E-state index >= 15 is 0 Å². The summed E-state index contributed by atoms with van der Waals surface area (Å²) in [5, 5.41) is 13.1. The lowest BCUT2D eigenvalue weighted by Gasteiger charge is -2.36. The Labute approximate surface area is 227 Å². The van der Waals surface area contributed by atoms with Gasteiger partial charge in [0.1, 0.15) is 0 Å². The molecule has 9 nitrogen and oxygen atoms in total. The molecule has 0 radical (unpaired) electrons. The molecule has 38 heavy (non-hydrogen) atoms. The van der Waals surface area contributed by atoms with Crippen molar-refractivity contribution in [1.29, 1.82) is 0 Å². The summed E-state index contributed by atoms with van der Waals surface area (Å²) in [4.78, 5) is 11.9. The van der Waals surface area contributed by atoms with Gasteiger partial charge in [0, 0.05) is 38.6 Å². The summed E-state index contributed by atoms with van der Waals surface area (Å²) in [5.74, 6) is -1.20. The molecule has 8 rings (SSSR count). The van der Waals surface area contributed by atoms with Crippen LogP contribution in [0.25, 0.3) is 0 Å². The van der Waals surface area contributed by atoms with Crippen molar-refractivity contribution in [2.75, 3.05) is 57.1 Å². The summed E-state index contributed by atoms with van der Waals surface area (Å²) >= 11 is -1.22. The Balaban J connectivity index is 1.47. The molecule has 3 unspecified atom stereocenters. The van der Waals surface area contributed by atoms with E-state index in [4.69, 9.17) is 15.2 Å². The summed E-state index contributed by atoms with van der Waals surface area (Å²) in [6.45, 7) is 6.92. The summed E-state index contributed by atoms with van der Waals surface area (Å²) < 4.78 is 29.3. The van der Waals surface area contributed by atoms with Gasteiger partial charge in [-0.3, -0.25) is 4.79 Å². The number of rotatable bonds is 2. The molecule has 2 aromatic rings. The third-order valence-corrected chi connectivity index (χ3v) is 9.47. The molecular weight excluding hydrogens is 504 g/mol. The van der Waals surface area contributed by atoms with Crippen LogP contribution in [0.4, 0.5) is 11.4 Å². The summed E-state index contributed by atoms with van der Waals surface area (Å²) in [6.07, 6.45) is 2.66. The highest BCUT2D eigenvalue weighted by molar-refractivity contribution is 7.80. The van der Waals surface area contributed by atoms with Gasteiger partial charge in [0.05, 0.1) is 43.7 Å². The van der Waals surface area contributed by atoms with Gasteiger partial charge < -0.3 is 25.6 Å². The second kappa shape index (κ2) is 12.1. The highest BCUT2D eigenvalue weighted by Crippen LogP contribution is 2.37. The number of hydrogen-bond acceptors (Lipinski definition) is 6.